The number of hydrogen-bond acceptors (Lipinski definition) is 2. The summed E-state index contributed by atoms with van der Waals surface area (Å²) in [4.78, 5) is 12.8. The van der Waals surface area contributed by atoms with E-state index in [1.165, 1.54) is 89.9 Å². The SMILES string of the molecule is CCCCCCPOC(=O)C(CCC)CCC(CCCC)(CCCC)CCCC. The van der Waals surface area contributed by atoms with E-state index in [4.69, 9.17) is 4.52 Å². The van der Waals surface area contributed by atoms with Gasteiger partial charge in [-0.05, 0) is 50.4 Å². The molecule has 0 heterocycles. The molecular weight excluding hydrogens is 375 g/mol. The van der Waals surface area contributed by atoms with Crippen molar-refractivity contribution in [1.82, 2.24) is 0 Å². The molecule has 0 aliphatic heterocycles. The second-order valence-corrected chi connectivity index (χ2v) is 10.2. The Balaban J connectivity index is 4.78. The lowest BCUT2D eigenvalue weighted by Crippen LogP contribution is -2.25. The number of carbonyl (C=O) groups excluding carboxylic acids is 1. The smallest absolute Gasteiger partial charge is 0.311 e. The van der Waals surface area contributed by atoms with Gasteiger partial charge in [0.05, 0.1) is 14.7 Å². The first-order chi connectivity index (χ1) is 14.1. The Morgan fingerprint density at radius 1 is 0.690 bits per heavy atom. The lowest BCUT2D eigenvalue weighted by Gasteiger charge is -2.35. The van der Waals surface area contributed by atoms with E-state index in [1.54, 1.807) is 0 Å². The molecule has 0 aromatic carbocycles. The van der Waals surface area contributed by atoms with Crippen LogP contribution in [0.5, 0.6) is 0 Å². The lowest BCUT2D eigenvalue weighted by molar-refractivity contribution is -0.138. The molecule has 0 amide bonds. The minimum atomic E-state index is 0.0936. The monoisotopic (exact) mass is 428 g/mol. The molecule has 0 radical (unpaired) electrons. The molecule has 0 bridgehead atoms. The maximum absolute atomic E-state index is 12.8. The maximum atomic E-state index is 12.8. The Morgan fingerprint density at radius 2 is 1.24 bits per heavy atom. The van der Waals surface area contributed by atoms with Crippen molar-refractivity contribution in [1.29, 1.82) is 0 Å². The predicted octanol–water partition coefficient (Wildman–Crippen LogP) is 9.46. The van der Waals surface area contributed by atoms with E-state index in [-0.39, 0.29) is 11.9 Å². The fraction of sp³-hybridized carbons (Fsp3) is 0.962. The Kier molecular flexibility index (Phi) is 19.8. The van der Waals surface area contributed by atoms with Crippen LogP contribution >= 0.6 is 8.81 Å². The predicted molar refractivity (Wildman–Crippen MR) is 132 cm³/mol. The molecule has 29 heavy (non-hydrogen) atoms. The number of unbranched alkanes of at least 4 members (excludes halogenated alkanes) is 6. The van der Waals surface area contributed by atoms with Crippen molar-refractivity contribution in [2.75, 3.05) is 6.16 Å². The minimum Gasteiger partial charge on any atom is -0.448 e. The van der Waals surface area contributed by atoms with E-state index in [1.807, 2.05) is 0 Å². The molecule has 2 nitrogen and oxygen atoms in total. The molecule has 3 heteroatoms. The second-order valence-electron chi connectivity index (χ2n) is 9.21. The van der Waals surface area contributed by atoms with Crippen LogP contribution in [0.2, 0.25) is 0 Å². The van der Waals surface area contributed by atoms with Crippen LogP contribution in [0.4, 0.5) is 0 Å². The van der Waals surface area contributed by atoms with Gasteiger partial charge in [0, 0.05) is 6.16 Å². The van der Waals surface area contributed by atoms with Gasteiger partial charge in [-0.3, -0.25) is 4.79 Å². The topological polar surface area (TPSA) is 26.3 Å². The van der Waals surface area contributed by atoms with Gasteiger partial charge in [-0.25, -0.2) is 0 Å². The van der Waals surface area contributed by atoms with E-state index in [2.05, 4.69) is 34.6 Å². The zero-order valence-electron chi connectivity index (χ0n) is 20.6. The number of rotatable bonds is 21. The quantitative estimate of drug-likeness (QED) is 0.134. The van der Waals surface area contributed by atoms with Crippen molar-refractivity contribution in [3.8, 4) is 0 Å². The summed E-state index contributed by atoms with van der Waals surface area (Å²) in [5.74, 6) is 0.212. The van der Waals surface area contributed by atoms with Crippen LogP contribution in [-0.4, -0.2) is 12.1 Å². The number of carbonyl (C=O) groups is 1. The van der Waals surface area contributed by atoms with Crippen LogP contribution in [0, 0.1) is 11.3 Å². The van der Waals surface area contributed by atoms with Crippen molar-refractivity contribution in [3.05, 3.63) is 0 Å². The fourth-order valence-electron chi connectivity index (χ4n) is 4.44. The highest BCUT2D eigenvalue weighted by Crippen LogP contribution is 2.42. The Morgan fingerprint density at radius 3 is 1.72 bits per heavy atom. The molecule has 0 N–H and O–H groups in total. The molecule has 0 aromatic rings. The molecule has 0 spiro atoms. The van der Waals surface area contributed by atoms with Crippen molar-refractivity contribution in [2.45, 2.75) is 144 Å². The van der Waals surface area contributed by atoms with Gasteiger partial charge in [0.25, 0.3) is 0 Å². The van der Waals surface area contributed by atoms with Gasteiger partial charge in [-0.15, -0.1) is 0 Å². The molecule has 0 aliphatic carbocycles. The van der Waals surface area contributed by atoms with E-state index < -0.39 is 0 Å². The summed E-state index contributed by atoms with van der Waals surface area (Å²) < 4.78 is 5.73. The van der Waals surface area contributed by atoms with Crippen LogP contribution in [0.3, 0.4) is 0 Å². The second kappa shape index (κ2) is 19.8. The first kappa shape index (κ1) is 28.9. The van der Waals surface area contributed by atoms with Gasteiger partial charge < -0.3 is 4.52 Å². The molecule has 0 fully saturated rings. The average molecular weight is 429 g/mol. The molecule has 0 saturated heterocycles. The van der Waals surface area contributed by atoms with Crippen LogP contribution in [-0.2, 0) is 9.32 Å². The van der Waals surface area contributed by atoms with E-state index in [9.17, 15) is 4.79 Å². The van der Waals surface area contributed by atoms with Gasteiger partial charge in [-0.2, -0.15) is 0 Å². The van der Waals surface area contributed by atoms with Crippen molar-refractivity contribution >= 4 is 14.8 Å². The highest BCUT2D eigenvalue weighted by Gasteiger charge is 2.31. The summed E-state index contributed by atoms with van der Waals surface area (Å²) in [5.41, 5.74) is 0.455. The molecule has 2 atom stereocenters. The summed E-state index contributed by atoms with van der Waals surface area (Å²) in [6.45, 7) is 11.4. The molecule has 0 aliphatic rings. The largest absolute Gasteiger partial charge is 0.448 e. The third-order valence-electron chi connectivity index (χ3n) is 6.48. The Bertz CT molecular complexity index is 348. The fourth-order valence-corrected chi connectivity index (χ4v) is 5.25. The maximum Gasteiger partial charge on any atom is 0.311 e. The molecule has 0 rings (SSSR count). The molecular formula is C26H53O2P. The molecule has 2 unspecified atom stereocenters. The van der Waals surface area contributed by atoms with Crippen molar-refractivity contribution in [2.24, 2.45) is 11.3 Å². The molecule has 174 valence electrons. The Hall–Kier alpha value is -0.100. The zero-order valence-corrected chi connectivity index (χ0v) is 21.6. The zero-order chi connectivity index (χ0) is 21.8. The lowest BCUT2D eigenvalue weighted by atomic mass is 9.70. The van der Waals surface area contributed by atoms with Gasteiger partial charge in [-0.1, -0.05) is 98.8 Å². The van der Waals surface area contributed by atoms with Gasteiger partial charge in [0.2, 0.25) is 0 Å². The Labute approximate surface area is 185 Å². The van der Waals surface area contributed by atoms with Gasteiger partial charge in [0.15, 0.2) is 0 Å². The normalized spacial score (nSPS) is 13.3. The summed E-state index contributed by atoms with van der Waals surface area (Å²) in [6.07, 6.45) is 22.2. The van der Waals surface area contributed by atoms with E-state index >= 15 is 0 Å². The molecule has 0 saturated carbocycles. The van der Waals surface area contributed by atoms with Crippen LogP contribution in [0.25, 0.3) is 0 Å². The number of hydrogen-bond donors (Lipinski definition) is 0. The summed E-state index contributed by atoms with van der Waals surface area (Å²) in [5, 5.41) is 0. The van der Waals surface area contributed by atoms with E-state index in [0.717, 1.165) is 25.4 Å². The average Bonchev–Trinajstić information content (AvgIpc) is 2.74. The van der Waals surface area contributed by atoms with Crippen LogP contribution in [0.15, 0.2) is 0 Å². The highest BCUT2D eigenvalue weighted by atomic mass is 31.1. The standard InChI is InChI=1S/C26H53O2P/c1-6-11-15-16-23-29-28-25(27)24(17-10-5)18-22-26(19-12-7-2,20-13-8-3)21-14-9-4/h24,29H,6-23H2,1-5H3. The minimum absolute atomic E-state index is 0.0936. The molecule has 0 aromatic heterocycles. The van der Waals surface area contributed by atoms with E-state index in [0.29, 0.717) is 14.2 Å². The summed E-state index contributed by atoms with van der Waals surface area (Å²) in [7, 11) is 0.363. The first-order valence-electron chi connectivity index (χ1n) is 13.0. The van der Waals surface area contributed by atoms with Crippen molar-refractivity contribution < 1.29 is 9.32 Å². The highest BCUT2D eigenvalue weighted by molar-refractivity contribution is 7.32. The first-order valence-corrected chi connectivity index (χ1v) is 14.1. The summed E-state index contributed by atoms with van der Waals surface area (Å²) >= 11 is 0. The van der Waals surface area contributed by atoms with Crippen LogP contribution < -0.4 is 0 Å². The third kappa shape index (κ3) is 14.5. The van der Waals surface area contributed by atoms with Gasteiger partial charge >= 0.3 is 5.97 Å². The summed E-state index contributed by atoms with van der Waals surface area (Å²) in [6, 6.07) is 0. The van der Waals surface area contributed by atoms with Gasteiger partial charge in [0.1, 0.15) is 0 Å². The van der Waals surface area contributed by atoms with Crippen LogP contribution in [0.1, 0.15) is 144 Å². The van der Waals surface area contributed by atoms with Crippen molar-refractivity contribution in [3.63, 3.8) is 0 Å². The third-order valence-corrected chi connectivity index (χ3v) is 7.38.